The molecule has 0 aliphatic carbocycles. The van der Waals surface area contributed by atoms with Crippen LogP contribution in [0.2, 0.25) is 0 Å². The molecule has 0 spiro atoms. The molecule has 1 saturated heterocycles. The molecule has 3 aromatic rings. The highest BCUT2D eigenvalue weighted by atomic mass is 16.5. The fourth-order valence-corrected chi connectivity index (χ4v) is 3.50. The molecule has 0 bridgehead atoms. The fourth-order valence-electron chi connectivity index (χ4n) is 3.50. The summed E-state index contributed by atoms with van der Waals surface area (Å²) in [5, 5.41) is 12.5. The van der Waals surface area contributed by atoms with Gasteiger partial charge in [-0.1, -0.05) is 36.4 Å². The van der Waals surface area contributed by atoms with Crippen molar-refractivity contribution in [2.24, 2.45) is 0 Å². The number of nitrogens with one attached hydrogen (secondary N) is 1. The van der Waals surface area contributed by atoms with Crippen molar-refractivity contribution in [1.82, 2.24) is 14.3 Å². The summed E-state index contributed by atoms with van der Waals surface area (Å²) in [7, 11) is 0. The Morgan fingerprint density at radius 3 is 2.82 bits per heavy atom. The topological polar surface area (TPSA) is 79.1 Å². The quantitative estimate of drug-likeness (QED) is 0.732. The van der Waals surface area contributed by atoms with Gasteiger partial charge in [-0.2, -0.15) is 0 Å². The molecule has 0 radical (unpaired) electrons. The second-order valence-corrected chi connectivity index (χ2v) is 7.13. The van der Waals surface area contributed by atoms with Crippen molar-refractivity contribution in [2.75, 3.05) is 25.1 Å². The summed E-state index contributed by atoms with van der Waals surface area (Å²) in [6, 6.07) is 13.4. The lowest BCUT2D eigenvalue weighted by molar-refractivity contribution is -0.0612. The number of carbonyl (C=O) groups is 1. The van der Waals surface area contributed by atoms with Gasteiger partial charge in [0, 0.05) is 11.8 Å². The minimum atomic E-state index is -0.361. The highest BCUT2D eigenvalue weighted by molar-refractivity contribution is 5.94. The van der Waals surface area contributed by atoms with Crippen LogP contribution in [0, 0.1) is 6.92 Å². The predicted molar refractivity (Wildman–Crippen MR) is 107 cm³/mol. The Morgan fingerprint density at radius 2 is 2.07 bits per heavy atom. The third kappa shape index (κ3) is 3.34. The van der Waals surface area contributed by atoms with Gasteiger partial charge in [-0.3, -0.25) is 9.72 Å². The average Bonchev–Trinajstić information content (AvgIpc) is 3.09. The molecule has 4 rings (SSSR count). The number of hydrogen-bond donors (Lipinski definition) is 2. The number of morpholine rings is 1. The number of nitrogens with zero attached hydrogens (tertiary/aromatic N) is 3. The van der Waals surface area contributed by atoms with Crippen molar-refractivity contribution in [3.05, 3.63) is 54.2 Å². The van der Waals surface area contributed by atoms with Crippen LogP contribution in [0.5, 0.6) is 0 Å². The fraction of sp³-hybridized carbons (Fsp3) is 0.333. The third-order valence-corrected chi connectivity index (χ3v) is 5.09. The third-order valence-electron chi connectivity index (χ3n) is 5.09. The van der Waals surface area contributed by atoms with E-state index in [-0.39, 0.29) is 24.8 Å². The van der Waals surface area contributed by atoms with E-state index in [1.807, 2.05) is 66.9 Å². The lowest BCUT2D eigenvalue weighted by Gasteiger charge is -2.37. The van der Waals surface area contributed by atoms with E-state index in [1.165, 1.54) is 0 Å². The number of aliphatic hydroxyl groups is 1. The molecule has 1 aromatic carbocycles. The number of anilines is 1. The number of amides is 2. The molecule has 1 aliphatic rings. The first-order chi connectivity index (χ1) is 13.6. The Kier molecular flexibility index (Phi) is 5.02. The standard InChI is InChI=1S/C21H24N4O3/c1-14-7-6-10-24-19(14)22-18(16-8-4-3-5-9-16)20(24)23-21(27)25-11-17(12-26)28-13-15(25)2/h3-10,15,17,26H,11-13H2,1-2H3,(H,23,27)/t15-,17-/m0/s1. The highest BCUT2D eigenvalue weighted by Gasteiger charge is 2.30. The molecule has 2 N–H and O–H groups in total. The molecule has 2 aromatic heterocycles. The number of benzene rings is 1. The number of pyridine rings is 1. The maximum atomic E-state index is 13.1. The summed E-state index contributed by atoms with van der Waals surface area (Å²) in [4.78, 5) is 19.6. The number of ether oxygens (including phenoxy) is 1. The maximum Gasteiger partial charge on any atom is 0.323 e. The summed E-state index contributed by atoms with van der Waals surface area (Å²) in [5.74, 6) is 0.633. The van der Waals surface area contributed by atoms with Gasteiger partial charge in [0.05, 0.1) is 31.9 Å². The van der Waals surface area contributed by atoms with Gasteiger partial charge < -0.3 is 14.7 Å². The molecule has 28 heavy (non-hydrogen) atoms. The number of urea groups is 1. The van der Waals surface area contributed by atoms with E-state index >= 15 is 0 Å². The number of imidazole rings is 1. The number of aryl methyl sites for hydroxylation is 1. The predicted octanol–water partition coefficient (Wildman–Crippen LogP) is 2.92. The van der Waals surface area contributed by atoms with Crippen LogP contribution in [0.3, 0.4) is 0 Å². The summed E-state index contributed by atoms with van der Waals surface area (Å²) >= 11 is 0. The van der Waals surface area contributed by atoms with Gasteiger partial charge in [-0.25, -0.2) is 9.78 Å². The first kappa shape index (κ1) is 18.5. The summed E-state index contributed by atoms with van der Waals surface area (Å²) in [6.07, 6.45) is 1.54. The average molecular weight is 380 g/mol. The molecule has 2 amide bonds. The van der Waals surface area contributed by atoms with Crippen molar-refractivity contribution in [3.63, 3.8) is 0 Å². The van der Waals surface area contributed by atoms with Gasteiger partial charge in [-0.05, 0) is 25.5 Å². The summed E-state index contributed by atoms with van der Waals surface area (Å²) < 4.78 is 7.45. The minimum absolute atomic E-state index is 0.0797. The van der Waals surface area contributed by atoms with Crippen LogP contribution in [-0.2, 0) is 4.74 Å². The van der Waals surface area contributed by atoms with Crippen LogP contribution in [-0.4, -0.2) is 57.3 Å². The SMILES string of the molecule is Cc1cccn2c(NC(=O)N3C[C@@H](CO)OC[C@@H]3C)c(-c3ccccc3)nc12. The van der Waals surface area contributed by atoms with E-state index in [1.54, 1.807) is 4.90 Å². The monoisotopic (exact) mass is 380 g/mol. The molecule has 1 fully saturated rings. The van der Waals surface area contributed by atoms with E-state index in [0.717, 1.165) is 22.5 Å². The van der Waals surface area contributed by atoms with Crippen LogP contribution < -0.4 is 5.32 Å². The van der Waals surface area contributed by atoms with Gasteiger partial charge in [0.15, 0.2) is 0 Å². The van der Waals surface area contributed by atoms with Crippen molar-refractivity contribution in [2.45, 2.75) is 26.0 Å². The van der Waals surface area contributed by atoms with Crippen molar-refractivity contribution in [1.29, 1.82) is 0 Å². The Morgan fingerprint density at radius 1 is 1.29 bits per heavy atom. The largest absolute Gasteiger partial charge is 0.394 e. The number of rotatable bonds is 3. The van der Waals surface area contributed by atoms with E-state index in [9.17, 15) is 9.90 Å². The zero-order chi connectivity index (χ0) is 19.7. The van der Waals surface area contributed by atoms with Gasteiger partial charge in [0.25, 0.3) is 0 Å². The van der Waals surface area contributed by atoms with Crippen LogP contribution in [0.25, 0.3) is 16.9 Å². The van der Waals surface area contributed by atoms with Crippen molar-refractivity contribution >= 4 is 17.5 Å². The Hall–Kier alpha value is -2.90. The van der Waals surface area contributed by atoms with Gasteiger partial charge in [0.1, 0.15) is 17.2 Å². The lowest BCUT2D eigenvalue weighted by Crippen LogP contribution is -2.53. The van der Waals surface area contributed by atoms with E-state index in [2.05, 4.69) is 5.32 Å². The van der Waals surface area contributed by atoms with Gasteiger partial charge in [-0.15, -0.1) is 0 Å². The molecule has 2 atom stereocenters. The smallest absolute Gasteiger partial charge is 0.323 e. The van der Waals surface area contributed by atoms with Gasteiger partial charge in [0.2, 0.25) is 0 Å². The summed E-state index contributed by atoms with van der Waals surface area (Å²) in [6.45, 7) is 4.57. The summed E-state index contributed by atoms with van der Waals surface area (Å²) in [5.41, 5.74) is 3.49. The number of aliphatic hydroxyl groups excluding tert-OH is 1. The molecule has 7 nitrogen and oxygen atoms in total. The zero-order valence-electron chi connectivity index (χ0n) is 16.0. The zero-order valence-corrected chi connectivity index (χ0v) is 16.0. The second kappa shape index (κ2) is 7.61. The van der Waals surface area contributed by atoms with Crippen LogP contribution in [0.15, 0.2) is 48.7 Å². The van der Waals surface area contributed by atoms with Crippen molar-refractivity contribution < 1.29 is 14.6 Å². The maximum absolute atomic E-state index is 13.1. The van der Waals surface area contributed by atoms with Crippen LogP contribution in [0.4, 0.5) is 10.6 Å². The van der Waals surface area contributed by atoms with Gasteiger partial charge >= 0.3 is 6.03 Å². The Bertz CT molecular complexity index is 986. The lowest BCUT2D eigenvalue weighted by atomic mass is 10.1. The number of hydrogen-bond acceptors (Lipinski definition) is 4. The molecule has 0 unspecified atom stereocenters. The van der Waals surface area contributed by atoms with Crippen molar-refractivity contribution in [3.8, 4) is 11.3 Å². The Labute approximate surface area is 163 Å². The first-order valence-electron chi connectivity index (χ1n) is 9.41. The van der Waals surface area contributed by atoms with E-state index in [4.69, 9.17) is 9.72 Å². The number of fused-ring (bicyclic) bond motifs is 1. The van der Waals surface area contributed by atoms with Crippen LogP contribution >= 0.6 is 0 Å². The number of aromatic nitrogens is 2. The highest BCUT2D eigenvalue weighted by Crippen LogP contribution is 2.30. The van der Waals surface area contributed by atoms with E-state index in [0.29, 0.717) is 19.0 Å². The normalized spacial score (nSPS) is 19.8. The molecule has 1 aliphatic heterocycles. The molecule has 3 heterocycles. The molecule has 7 heteroatoms. The molecular weight excluding hydrogens is 356 g/mol. The second-order valence-electron chi connectivity index (χ2n) is 7.13. The van der Waals surface area contributed by atoms with Crippen LogP contribution in [0.1, 0.15) is 12.5 Å². The minimum Gasteiger partial charge on any atom is -0.394 e. The molecule has 0 saturated carbocycles. The first-order valence-corrected chi connectivity index (χ1v) is 9.41. The number of carbonyl (C=O) groups excluding carboxylic acids is 1. The molecular formula is C21H24N4O3. The van der Waals surface area contributed by atoms with E-state index < -0.39 is 0 Å². The Balaban J connectivity index is 1.73. The molecule has 146 valence electrons.